The lowest BCUT2D eigenvalue weighted by Crippen LogP contribution is -2.69. The van der Waals surface area contributed by atoms with Crippen LogP contribution in [0.25, 0.3) is 0 Å². The second kappa shape index (κ2) is 14.9. The van der Waals surface area contributed by atoms with Gasteiger partial charge in [-0.1, -0.05) is 41.5 Å². The van der Waals surface area contributed by atoms with E-state index in [1.165, 1.54) is 6.92 Å². The van der Waals surface area contributed by atoms with E-state index < -0.39 is 47.1 Å². The summed E-state index contributed by atoms with van der Waals surface area (Å²) in [6.07, 6.45) is -1.90. The Balaban J connectivity index is 3.50. The van der Waals surface area contributed by atoms with Crippen molar-refractivity contribution in [3.63, 3.8) is 0 Å². The smallest absolute Gasteiger partial charge is 0.217 e. The molecule has 33 heavy (non-hydrogen) atoms. The molecule has 5 atom stereocenters. The molecule has 0 bridgehead atoms. The highest BCUT2D eigenvalue weighted by Crippen LogP contribution is 2.35. The lowest BCUT2D eigenvalue weighted by molar-refractivity contribution is -0.204. The molecule has 10 heteroatoms. The lowest BCUT2D eigenvalue weighted by atomic mass is 9.93. The largest absolute Gasteiger partial charge is 0.409 e. The van der Waals surface area contributed by atoms with Crippen molar-refractivity contribution < 1.29 is 33.0 Å². The van der Waals surface area contributed by atoms with Gasteiger partial charge in [-0.3, -0.25) is 4.79 Å². The minimum absolute atomic E-state index is 0.122. The summed E-state index contributed by atoms with van der Waals surface area (Å²) in [5.41, 5.74) is 0. The fraction of sp³-hybridized carbons (Fsp3) is 0.957. The molecule has 1 saturated heterocycles. The zero-order valence-corrected chi connectivity index (χ0v) is 24.1. The lowest BCUT2D eigenvalue weighted by Gasteiger charge is -2.51. The Bertz CT molecular complexity index is 544. The van der Waals surface area contributed by atoms with Crippen LogP contribution in [0.1, 0.15) is 48.5 Å². The van der Waals surface area contributed by atoms with Crippen molar-refractivity contribution in [2.45, 2.75) is 115 Å². The zero-order valence-electron chi connectivity index (χ0n) is 22.1. The molecule has 0 aromatic carbocycles. The van der Waals surface area contributed by atoms with Gasteiger partial charge in [-0.15, -0.1) is 0 Å². The molecule has 0 aliphatic carbocycles. The Labute approximate surface area is 203 Å². The van der Waals surface area contributed by atoms with Crippen LogP contribution in [0.15, 0.2) is 0 Å². The molecule has 8 nitrogen and oxygen atoms in total. The molecule has 2 N–H and O–H groups in total. The summed E-state index contributed by atoms with van der Waals surface area (Å²) in [6.45, 7) is 14.8. The number of carbonyl (C=O) groups is 1. The van der Waals surface area contributed by atoms with Gasteiger partial charge >= 0.3 is 0 Å². The van der Waals surface area contributed by atoms with Crippen LogP contribution in [0.4, 0.5) is 0 Å². The maximum atomic E-state index is 12.3. The highest BCUT2D eigenvalue weighted by molar-refractivity contribution is 6.74. The van der Waals surface area contributed by atoms with Crippen LogP contribution in [0.2, 0.25) is 36.3 Å². The molecule has 1 aliphatic rings. The van der Waals surface area contributed by atoms with E-state index >= 15 is 0 Å². The normalized spacial score (nSPS) is 26.4. The number of nitrogens with one attached hydrogen (secondary N) is 1. The molecule has 1 aliphatic heterocycles. The van der Waals surface area contributed by atoms with Gasteiger partial charge < -0.3 is 33.5 Å². The summed E-state index contributed by atoms with van der Waals surface area (Å²) < 4.78 is 31.0. The zero-order chi connectivity index (χ0) is 25.1. The van der Waals surface area contributed by atoms with Crippen LogP contribution >= 0.6 is 0 Å². The Hall–Kier alpha value is -0.336. The standard InChI is InChI=1S/C23H49NO7Si2/c1-9-32(10-2,11-3)30-22-19(15-25)29-20(16-28-17-27-8)21(24-18(7)26)23(22)31-33(12-4,13-5)14-6/h19-23,25H,9-17H2,1-8H3,(H,24,26)/t19?,20-,21+,22+,23-/m0/s1. The van der Waals surface area contributed by atoms with Gasteiger partial charge in [0, 0.05) is 14.0 Å². The maximum absolute atomic E-state index is 12.3. The van der Waals surface area contributed by atoms with E-state index in [1.54, 1.807) is 7.11 Å². The molecule has 1 unspecified atom stereocenters. The number of amides is 1. The molecule has 1 rings (SSSR count). The van der Waals surface area contributed by atoms with E-state index in [-0.39, 0.29) is 25.9 Å². The Kier molecular flexibility index (Phi) is 13.9. The number of carbonyl (C=O) groups excluding carboxylic acids is 1. The van der Waals surface area contributed by atoms with E-state index in [1.807, 2.05) is 0 Å². The molecular weight excluding hydrogens is 458 g/mol. The quantitative estimate of drug-likeness (QED) is 0.187. The third-order valence-electron chi connectivity index (χ3n) is 7.47. The van der Waals surface area contributed by atoms with E-state index in [0.29, 0.717) is 0 Å². The molecule has 196 valence electrons. The molecular formula is C23H49NO7Si2. The topological polar surface area (TPSA) is 95.5 Å². The van der Waals surface area contributed by atoms with Crippen LogP contribution in [0.3, 0.4) is 0 Å². The summed E-state index contributed by atoms with van der Waals surface area (Å²) in [5, 5.41) is 13.4. The number of ether oxygens (including phenoxy) is 3. The third-order valence-corrected chi connectivity index (χ3v) is 16.7. The van der Waals surface area contributed by atoms with Crippen molar-refractivity contribution in [3.05, 3.63) is 0 Å². The fourth-order valence-electron chi connectivity index (χ4n) is 4.82. The monoisotopic (exact) mass is 507 g/mol. The molecule has 0 saturated carbocycles. The summed E-state index contributed by atoms with van der Waals surface area (Å²) in [6, 6.07) is 5.41. The van der Waals surface area contributed by atoms with Gasteiger partial charge in [0.05, 0.1) is 25.4 Å². The summed E-state index contributed by atoms with van der Waals surface area (Å²) in [7, 11) is -2.56. The number of aliphatic hydroxyl groups is 1. The molecule has 1 fully saturated rings. The molecule has 0 aromatic rings. The van der Waals surface area contributed by atoms with Crippen LogP contribution in [0.5, 0.6) is 0 Å². The summed E-state index contributed by atoms with van der Waals surface area (Å²) in [5.74, 6) is -0.156. The molecule has 0 aromatic heterocycles. The first-order valence-corrected chi connectivity index (χ1v) is 17.8. The van der Waals surface area contributed by atoms with Crippen molar-refractivity contribution in [1.29, 1.82) is 0 Å². The third kappa shape index (κ3) is 8.10. The van der Waals surface area contributed by atoms with Gasteiger partial charge in [0.2, 0.25) is 5.91 Å². The molecule has 0 spiro atoms. The van der Waals surface area contributed by atoms with Crippen LogP contribution in [0, 0.1) is 0 Å². The van der Waals surface area contributed by atoms with Crippen molar-refractivity contribution in [2.24, 2.45) is 0 Å². The average Bonchev–Trinajstić information content (AvgIpc) is 2.83. The second-order valence-corrected chi connectivity index (χ2v) is 18.5. The fourth-order valence-corrected chi connectivity index (χ4v) is 10.5. The predicted octanol–water partition coefficient (Wildman–Crippen LogP) is 3.65. The number of hydrogen-bond acceptors (Lipinski definition) is 7. The maximum Gasteiger partial charge on any atom is 0.217 e. The summed E-state index contributed by atoms with van der Waals surface area (Å²) in [4.78, 5) is 12.3. The first-order chi connectivity index (χ1) is 15.7. The predicted molar refractivity (Wildman–Crippen MR) is 135 cm³/mol. The SMILES string of the molecule is CC[Si](CC)(CC)O[C@H]1[C@H](NC(C)=O)[C@H](COCOC)OC(CO)[C@H]1O[Si](CC)(CC)CC. The van der Waals surface area contributed by atoms with Crippen molar-refractivity contribution in [2.75, 3.05) is 27.1 Å². The molecule has 0 radical (unpaired) electrons. The first-order valence-electron chi connectivity index (χ1n) is 12.7. The van der Waals surface area contributed by atoms with E-state index in [9.17, 15) is 9.90 Å². The van der Waals surface area contributed by atoms with Crippen LogP contribution in [-0.2, 0) is 27.9 Å². The molecule has 1 heterocycles. The Morgan fingerprint density at radius 3 is 1.76 bits per heavy atom. The van der Waals surface area contributed by atoms with Gasteiger partial charge in [-0.2, -0.15) is 0 Å². The van der Waals surface area contributed by atoms with Gasteiger partial charge in [0.25, 0.3) is 0 Å². The van der Waals surface area contributed by atoms with E-state index in [0.717, 1.165) is 36.3 Å². The summed E-state index contributed by atoms with van der Waals surface area (Å²) >= 11 is 0. The number of methoxy groups -OCH3 is 1. The highest BCUT2D eigenvalue weighted by Gasteiger charge is 2.52. The van der Waals surface area contributed by atoms with E-state index in [4.69, 9.17) is 23.1 Å². The van der Waals surface area contributed by atoms with Crippen LogP contribution < -0.4 is 5.32 Å². The van der Waals surface area contributed by atoms with E-state index in [2.05, 4.69) is 46.9 Å². The number of rotatable bonds is 16. The highest BCUT2D eigenvalue weighted by atomic mass is 28.4. The van der Waals surface area contributed by atoms with Crippen LogP contribution in [-0.4, -0.2) is 85.2 Å². The van der Waals surface area contributed by atoms with Crippen molar-refractivity contribution in [1.82, 2.24) is 5.32 Å². The Morgan fingerprint density at radius 1 is 0.879 bits per heavy atom. The van der Waals surface area contributed by atoms with Gasteiger partial charge in [-0.05, 0) is 36.3 Å². The van der Waals surface area contributed by atoms with Crippen molar-refractivity contribution in [3.8, 4) is 0 Å². The first kappa shape index (κ1) is 30.7. The minimum Gasteiger partial charge on any atom is -0.409 e. The average molecular weight is 508 g/mol. The van der Waals surface area contributed by atoms with Gasteiger partial charge in [-0.25, -0.2) is 0 Å². The van der Waals surface area contributed by atoms with Gasteiger partial charge in [0.15, 0.2) is 16.6 Å². The number of hydrogen-bond donors (Lipinski definition) is 2. The second-order valence-electron chi connectivity index (χ2n) is 9.05. The Morgan fingerprint density at radius 2 is 1.36 bits per heavy atom. The number of aliphatic hydroxyl groups excluding tert-OH is 1. The molecule has 1 amide bonds. The van der Waals surface area contributed by atoms with Gasteiger partial charge in [0.1, 0.15) is 25.1 Å². The minimum atomic E-state index is -2.07. The van der Waals surface area contributed by atoms with Crippen molar-refractivity contribution >= 4 is 22.5 Å².